The van der Waals surface area contributed by atoms with Gasteiger partial charge in [0.1, 0.15) is 12.2 Å². The van der Waals surface area contributed by atoms with Crippen molar-refractivity contribution in [3.63, 3.8) is 0 Å². The molecule has 2 aromatic rings. The highest BCUT2D eigenvalue weighted by molar-refractivity contribution is 7.53. The van der Waals surface area contributed by atoms with Gasteiger partial charge in [-0.15, -0.1) is 0 Å². The van der Waals surface area contributed by atoms with E-state index in [1.165, 1.54) is 24.3 Å². The molecule has 4 unspecified atom stereocenters. The van der Waals surface area contributed by atoms with Gasteiger partial charge in [0.25, 0.3) is 5.56 Å². The summed E-state index contributed by atoms with van der Waals surface area (Å²) in [4.78, 5) is 51.9. The minimum absolute atomic E-state index is 0.0439. The summed E-state index contributed by atoms with van der Waals surface area (Å²) in [6.45, 7) is 3.11. The lowest BCUT2D eigenvalue weighted by molar-refractivity contribution is -0.0527. The maximum atomic E-state index is 12.5. The summed E-state index contributed by atoms with van der Waals surface area (Å²) < 4.78 is 47.7. The van der Waals surface area contributed by atoms with E-state index in [-0.39, 0.29) is 17.6 Å². The van der Waals surface area contributed by atoms with Crippen molar-refractivity contribution in [3.05, 3.63) is 23.0 Å². The third-order valence-electron chi connectivity index (χ3n) is 5.39. The van der Waals surface area contributed by atoms with Gasteiger partial charge in [0, 0.05) is 13.0 Å². The third-order valence-corrected chi connectivity index (χ3v) is 8.05. The number of aromatic amines is 1. The lowest BCUT2D eigenvalue weighted by Gasteiger charge is -2.26. The fourth-order valence-corrected chi connectivity index (χ4v) is 6.36. The molecule has 1 saturated heterocycles. The first-order valence-corrected chi connectivity index (χ1v) is 12.9. The number of methoxy groups -OCH3 is 1. The van der Waals surface area contributed by atoms with Crippen LogP contribution in [-0.2, 0) is 27.7 Å². The molecule has 4 N–H and O–H groups in total. The number of hydrogen-bond acceptors (Lipinski definition) is 9. The number of phosphoric ester groups is 1. The van der Waals surface area contributed by atoms with Crippen LogP contribution in [0.3, 0.4) is 0 Å². The van der Waals surface area contributed by atoms with Crippen LogP contribution in [0.5, 0.6) is 0 Å². The summed E-state index contributed by atoms with van der Waals surface area (Å²) in [6, 6.07) is 0. The van der Waals surface area contributed by atoms with Crippen LogP contribution in [0.25, 0.3) is 11.2 Å². The van der Waals surface area contributed by atoms with E-state index < -0.39 is 63.2 Å². The predicted molar refractivity (Wildman–Crippen MR) is 108 cm³/mol. The highest BCUT2D eigenvalue weighted by atomic mass is 31.2. The molecule has 0 spiro atoms. The maximum Gasteiger partial charge on any atom is 0.472 e. The average molecular weight is 494 g/mol. The van der Waals surface area contributed by atoms with Crippen molar-refractivity contribution in [2.45, 2.75) is 56.6 Å². The van der Waals surface area contributed by atoms with Crippen LogP contribution in [0.15, 0.2) is 17.4 Å². The lowest BCUT2D eigenvalue weighted by Crippen LogP contribution is -2.37. The van der Waals surface area contributed by atoms with Crippen LogP contribution >= 0.6 is 15.4 Å². The number of phosphoric acid groups is 1. The Kier molecular flexibility index (Phi) is 6.21. The van der Waals surface area contributed by atoms with Gasteiger partial charge in [-0.05, 0) is 20.3 Å². The van der Waals surface area contributed by atoms with Gasteiger partial charge in [-0.3, -0.25) is 23.0 Å². The molecule has 2 aromatic heterocycles. The number of hydrogen-bond donors (Lipinski definition) is 4. The Hall–Kier alpha value is -1.47. The summed E-state index contributed by atoms with van der Waals surface area (Å²) in [7, 11) is -7.64. The fraction of sp³-hybridized carbons (Fsp3) is 0.688. The molecule has 32 heavy (non-hydrogen) atoms. The molecule has 0 aromatic carbocycles. The van der Waals surface area contributed by atoms with Crippen molar-refractivity contribution in [3.8, 4) is 0 Å². The molecule has 178 valence electrons. The SMILES string of the molecule is CO[C@H]1C(OP(=O)(O)OC(C)C)[C@@H](C2CC2P(=O)(O)O)O[C@H]1n1cnc2c(=O)[nH]cnc21. The lowest BCUT2D eigenvalue weighted by atomic mass is 10.1. The van der Waals surface area contributed by atoms with Crippen molar-refractivity contribution in [1.29, 1.82) is 0 Å². The predicted octanol–water partition coefficient (Wildman–Crippen LogP) is 0.509. The zero-order chi connectivity index (χ0) is 23.4. The summed E-state index contributed by atoms with van der Waals surface area (Å²) >= 11 is 0. The first-order chi connectivity index (χ1) is 14.9. The first-order valence-electron chi connectivity index (χ1n) is 9.76. The molecule has 7 atom stereocenters. The zero-order valence-corrected chi connectivity index (χ0v) is 19.1. The molecule has 0 bridgehead atoms. The number of aromatic nitrogens is 4. The summed E-state index contributed by atoms with van der Waals surface area (Å²) in [5.74, 6) is -0.645. The molecule has 14 nitrogen and oxygen atoms in total. The Balaban J connectivity index is 1.71. The molecule has 2 aliphatic rings. The van der Waals surface area contributed by atoms with E-state index in [9.17, 15) is 28.6 Å². The van der Waals surface area contributed by atoms with Crippen molar-refractivity contribution in [1.82, 2.24) is 19.5 Å². The minimum atomic E-state index is -4.57. The first kappa shape index (κ1) is 23.7. The number of nitrogens with one attached hydrogen (secondary N) is 1. The largest absolute Gasteiger partial charge is 0.472 e. The summed E-state index contributed by atoms with van der Waals surface area (Å²) in [5.41, 5.74) is -1.23. The van der Waals surface area contributed by atoms with E-state index in [1.807, 2.05) is 0 Å². The average Bonchev–Trinajstić information content (AvgIpc) is 3.24. The third kappa shape index (κ3) is 4.47. The molecular weight excluding hydrogens is 470 g/mol. The van der Waals surface area contributed by atoms with E-state index in [1.54, 1.807) is 13.8 Å². The molecule has 1 aliphatic carbocycles. The molecule has 0 amide bonds. The van der Waals surface area contributed by atoms with Gasteiger partial charge in [-0.25, -0.2) is 14.5 Å². The van der Waals surface area contributed by atoms with E-state index in [0.717, 1.165) is 0 Å². The molecule has 3 heterocycles. The van der Waals surface area contributed by atoms with E-state index in [0.29, 0.717) is 0 Å². The number of imidazole rings is 1. The summed E-state index contributed by atoms with van der Waals surface area (Å²) in [6.07, 6.45) is -2.21. The van der Waals surface area contributed by atoms with Crippen LogP contribution in [0.4, 0.5) is 0 Å². The molecule has 1 aliphatic heterocycles. The smallest absolute Gasteiger partial charge is 0.374 e. The minimum Gasteiger partial charge on any atom is -0.374 e. The Morgan fingerprint density at radius 3 is 2.56 bits per heavy atom. The second-order valence-corrected chi connectivity index (χ2v) is 11.2. The van der Waals surface area contributed by atoms with Crippen molar-refractivity contribution < 1.29 is 42.3 Å². The van der Waals surface area contributed by atoms with Crippen LogP contribution < -0.4 is 5.56 Å². The van der Waals surface area contributed by atoms with Crippen molar-refractivity contribution in [2.75, 3.05) is 7.11 Å². The quantitative estimate of drug-likeness (QED) is 0.372. The monoisotopic (exact) mass is 494 g/mol. The Bertz CT molecular complexity index is 1150. The van der Waals surface area contributed by atoms with Crippen molar-refractivity contribution in [2.24, 2.45) is 5.92 Å². The standard InChI is InChI=1S/C16H24N4O10P2/c1-7(2)29-32(25,26)30-12-11(8-4-9(8)31(22,23)24)28-16(13(12)27-3)20-6-19-10-14(20)17-5-18-15(10)21/h5-9,11-13,16H,4H2,1-3H3,(H,25,26)(H,17,18,21)(H2,22,23,24)/t8?,9?,11-,12?,13+,16-/m1/s1. The zero-order valence-electron chi connectivity index (χ0n) is 17.3. The summed E-state index contributed by atoms with van der Waals surface area (Å²) in [5, 5.41) is 0. The van der Waals surface area contributed by atoms with Crippen LogP contribution in [0, 0.1) is 5.92 Å². The molecule has 4 rings (SSSR count). The van der Waals surface area contributed by atoms with Crippen LogP contribution in [0.1, 0.15) is 26.5 Å². The topological polar surface area (TPSA) is 195 Å². The highest BCUT2D eigenvalue weighted by Gasteiger charge is 2.62. The van der Waals surface area contributed by atoms with Crippen molar-refractivity contribution >= 4 is 26.6 Å². The number of H-pyrrole nitrogens is 1. The van der Waals surface area contributed by atoms with Crippen LogP contribution in [-0.4, -0.2) is 71.4 Å². The molecule has 0 radical (unpaired) electrons. The van der Waals surface area contributed by atoms with Gasteiger partial charge in [-0.1, -0.05) is 0 Å². The number of ether oxygens (including phenoxy) is 2. The molecule has 2 fully saturated rings. The van der Waals surface area contributed by atoms with E-state index in [4.69, 9.17) is 18.5 Å². The molecular formula is C16H24N4O10P2. The Morgan fingerprint density at radius 1 is 1.25 bits per heavy atom. The van der Waals surface area contributed by atoms with Gasteiger partial charge in [-0.2, -0.15) is 0 Å². The second kappa shape index (κ2) is 8.39. The van der Waals surface area contributed by atoms with Gasteiger partial charge in [0.05, 0.1) is 30.5 Å². The molecule has 1 saturated carbocycles. The number of fused-ring (bicyclic) bond motifs is 1. The Labute approximate surface area is 181 Å². The molecule has 16 heteroatoms. The number of rotatable bonds is 8. The van der Waals surface area contributed by atoms with E-state index in [2.05, 4.69) is 15.0 Å². The highest BCUT2D eigenvalue weighted by Crippen LogP contribution is 2.62. The maximum absolute atomic E-state index is 12.5. The fourth-order valence-electron chi connectivity index (χ4n) is 4.04. The van der Waals surface area contributed by atoms with Gasteiger partial charge in [0.15, 0.2) is 17.4 Å². The van der Waals surface area contributed by atoms with Gasteiger partial charge >= 0.3 is 15.4 Å². The normalized spacial score (nSPS) is 32.5. The second-order valence-electron chi connectivity index (χ2n) is 8.00. The van der Waals surface area contributed by atoms with E-state index >= 15 is 0 Å². The van der Waals surface area contributed by atoms with Crippen LogP contribution in [0.2, 0.25) is 0 Å². The van der Waals surface area contributed by atoms with Gasteiger partial charge < -0.3 is 29.1 Å². The Morgan fingerprint density at radius 2 is 1.97 bits per heavy atom. The van der Waals surface area contributed by atoms with Gasteiger partial charge in [0.2, 0.25) is 0 Å². The number of nitrogens with zero attached hydrogens (tertiary/aromatic N) is 3.